The lowest BCUT2D eigenvalue weighted by Gasteiger charge is -2.35. The molecule has 1 N–H and O–H groups in total. The molecule has 172 valence electrons. The normalized spacial score (nSPS) is 16.3. The van der Waals surface area contributed by atoms with E-state index in [-0.39, 0.29) is 12.4 Å². The number of benzene rings is 2. The Bertz CT molecular complexity index is 990. The van der Waals surface area contributed by atoms with E-state index in [4.69, 9.17) is 9.47 Å². The molecule has 2 heterocycles. The van der Waals surface area contributed by atoms with Crippen LogP contribution in [0, 0.1) is 12.7 Å². The number of halogens is 1. The molecule has 3 aromatic rings. The van der Waals surface area contributed by atoms with Crippen molar-refractivity contribution in [2.24, 2.45) is 0 Å². The maximum Gasteiger partial charge on any atom is 0.123 e. The first-order valence-electron chi connectivity index (χ1n) is 11.1. The Hall–Kier alpha value is -2.26. The van der Waals surface area contributed by atoms with Crippen LogP contribution in [0.2, 0.25) is 0 Å². The second-order valence-corrected chi connectivity index (χ2v) is 9.36. The molecule has 4 rings (SSSR count). The Kier molecular flexibility index (Phi) is 7.91. The lowest BCUT2D eigenvalue weighted by atomic mass is 10.2. The second kappa shape index (κ2) is 11.0. The first kappa shape index (κ1) is 22.9. The van der Waals surface area contributed by atoms with Gasteiger partial charge >= 0.3 is 0 Å². The van der Waals surface area contributed by atoms with Crippen molar-refractivity contribution in [1.29, 1.82) is 0 Å². The van der Waals surface area contributed by atoms with E-state index < -0.39 is 6.10 Å². The van der Waals surface area contributed by atoms with Crippen molar-refractivity contribution in [3.05, 3.63) is 53.3 Å². The van der Waals surface area contributed by atoms with Gasteiger partial charge in [0.25, 0.3) is 0 Å². The summed E-state index contributed by atoms with van der Waals surface area (Å²) >= 11 is 1.67. The third kappa shape index (κ3) is 6.62. The molecule has 0 radical (unpaired) electrons. The minimum atomic E-state index is -0.529. The molecule has 0 aliphatic carbocycles. The summed E-state index contributed by atoms with van der Waals surface area (Å²) in [6.45, 7) is 8.28. The average molecular weight is 460 g/mol. The molecule has 32 heavy (non-hydrogen) atoms. The number of fused-ring (bicyclic) bond motifs is 1. The summed E-state index contributed by atoms with van der Waals surface area (Å²) in [5.74, 6) is 1.20. The standard InChI is InChI=1S/C24H30FN3O3S/c1-18-26-23-15-22(7-8-24(23)32-18)31-17-20(29)16-28-12-10-27(11-13-28)9-2-14-30-21-5-3-19(25)4-6-21/h3-8,15,20,29H,2,9-14,16-17H2,1H3. The number of aromatic nitrogens is 1. The summed E-state index contributed by atoms with van der Waals surface area (Å²) in [6.07, 6.45) is 0.398. The van der Waals surface area contributed by atoms with Crippen LogP contribution >= 0.6 is 11.3 Å². The summed E-state index contributed by atoms with van der Waals surface area (Å²) < 4.78 is 25.5. The lowest BCUT2D eigenvalue weighted by Crippen LogP contribution is -2.49. The highest BCUT2D eigenvalue weighted by atomic mass is 32.1. The van der Waals surface area contributed by atoms with Crippen molar-refractivity contribution in [2.45, 2.75) is 19.4 Å². The smallest absolute Gasteiger partial charge is 0.123 e. The third-order valence-electron chi connectivity index (χ3n) is 5.54. The van der Waals surface area contributed by atoms with Crippen molar-refractivity contribution in [3.8, 4) is 11.5 Å². The van der Waals surface area contributed by atoms with Crippen molar-refractivity contribution in [2.75, 3.05) is 52.5 Å². The van der Waals surface area contributed by atoms with Crippen molar-refractivity contribution in [1.82, 2.24) is 14.8 Å². The first-order chi connectivity index (χ1) is 15.5. The van der Waals surface area contributed by atoms with E-state index in [2.05, 4.69) is 14.8 Å². The number of aliphatic hydroxyl groups excluding tert-OH is 1. The largest absolute Gasteiger partial charge is 0.494 e. The van der Waals surface area contributed by atoms with Gasteiger partial charge in [-0.15, -0.1) is 11.3 Å². The fourth-order valence-corrected chi connectivity index (χ4v) is 4.67. The number of aryl methyl sites for hydroxylation is 1. The minimum absolute atomic E-state index is 0.251. The van der Waals surface area contributed by atoms with Gasteiger partial charge in [0.2, 0.25) is 0 Å². The number of hydrogen-bond donors (Lipinski definition) is 1. The van der Waals surface area contributed by atoms with Gasteiger partial charge in [-0.1, -0.05) is 0 Å². The Labute approximate surface area is 192 Å². The van der Waals surface area contributed by atoms with Crippen LogP contribution in [0.3, 0.4) is 0 Å². The van der Waals surface area contributed by atoms with Gasteiger partial charge in [-0.05, 0) is 49.7 Å². The summed E-state index contributed by atoms with van der Waals surface area (Å²) in [5.41, 5.74) is 0.943. The quantitative estimate of drug-likeness (QED) is 0.468. The summed E-state index contributed by atoms with van der Waals surface area (Å²) in [7, 11) is 0. The average Bonchev–Trinajstić information content (AvgIpc) is 3.17. The van der Waals surface area contributed by atoms with Gasteiger partial charge in [0.1, 0.15) is 30.0 Å². The molecule has 1 atom stereocenters. The molecule has 1 unspecified atom stereocenters. The van der Waals surface area contributed by atoms with Crippen LogP contribution in [0.25, 0.3) is 10.2 Å². The van der Waals surface area contributed by atoms with Gasteiger partial charge in [-0.25, -0.2) is 9.37 Å². The van der Waals surface area contributed by atoms with E-state index >= 15 is 0 Å². The number of aliphatic hydroxyl groups is 1. The zero-order chi connectivity index (χ0) is 22.3. The number of hydrogen-bond acceptors (Lipinski definition) is 7. The zero-order valence-electron chi connectivity index (χ0n) is 18.4. The molecule has 6 nitrogen and oxygen atoms in total. The molecule has 1 fully saturated rings. The third-order valence-corrected chi connectivity index (χ3v) is 6.50. The summed E-state index contributed by atoms with van der Waals surface area (Å²) in [5, 5.41) is 11.4. The van der Waals surface area contributed by atoms with Gasteiger partial charge in [0.15, 0.2) is 0 Å². The molecule has 8 heteroatoms. The maximum absolute atomic E-state index is 12.9. The van der Waals surface area contributed by atoms with Gasteiger partial charge in [-0.3, -0.25) is 4.90 Å². The zero-order valence-corrected chi connectivity index (χ0v) is 19.2. The van der Waals surface area contributed by atoms with Crippen LogP contribution in [-0.4, -0.2) is 78.5 Å². The fraction of sp³-hybridized carbons (Fsp3) is 0.458. The molecule has 1 saturated heterocycles. The van der Waals surface area contributed by atoms with Crippen molar-refractivity contribution < 1.29 is 19.0 Å². The van der Waals surface area contributed by atoms with Gasteiger partial charge in [0.05, 0.1) is 21.8 Å². The second-order valence-electron chi connectivity index (χ2n) is 8.13. The topological polar surface area (TPSA) is 58.1 Å². The predicted octanol–water partition coefficient (Wildman–Crippen LogP) is 3.57. The molecular formula is C24H30FN3O3S. The number of β-amino-alcohol motifs (C(OH)–C–C–N with tert-alkyl or cyclic N) is 1. The SMILES string of the molecule is Cc1nc2cc(OCC(O)CN3CCN(CCCOc4ccc(F)cc4)CC3)ccc2s1. The molecule has 1 aliphatic rings. The van der Waals surface area contributed by atoms with Crippen LogP contribution in [0.5, 0.6) is 11.5 Å². The van der Waals surface area contributed by atoms with Crippen molar-refractivity contribution in [3.63, 3.8) is 0 Å². The number of nitrogens with zero attached hydrogens (tertiary/aromatic N) is 3. The van der Waals surface area contributed by atoms with Crippen LogP contribution in [0.4, 0.5) is 4.39 Å². The molecule has 1 aliphatic heterocycles. The van der Waals surface area contributed by atoms with E-state index in [1.54, 1.807) is 23.5 Å². The van der Waals surface area contributed by atoms with Gasteiger partial charge < -0.3 is 19.5 Å². The Balaban J connectivity index is 1.10. The van der Waals surface area contributed by atoms with E-state index in [9.17, 15) is 9.50 Å². The number of rotatable bonds is 10. The Morgan fingerprint density at radius 3 is 2.53 bits per heavy atom. The van der Waals surface area contributed by atoms with E-state index in [1.807, 2.05) is 25.1 Å². The maximum atomic E-state index is 12.9. The van der Waals surface area contributed by atoms with Crippen LogP contribution < -0.4 is 9.47 Å². The monoisotopic (exact) mass is 459 g/mol. The number of piperazine rings is 1. The molecule has 0 amide bonds. The fourth-order valence-electron chi connectivity index (χ4n) is 3.86. The Morgan fingerprint density at radius 1 is 1.03 bits per heavy atom. The molecule has 0 bridgehead atoms. The number of thiazole rings is 1. The highest BCUT2D eigenvalue weighted by Crippen LogP contribution is 2.25. The molecular weight excluding hydrogens is 429 g/mol. The number of ether oxygens (including phenoxy) is 2. The van der Waals surface area contributed by atoms with Crippen LogP contribution in [0.15, 0.2) is 42.5 Å². The van der Waals surface area contributed by atoms with E-state index in [0.29, 0.717) is 18.9 Å². The van der Waals surface area contributed by atoms with Crippen LogP contribution in [0.1, 0.15) is 11.4 Å². The van der Waals surface area contributed by atoms with Crippen LogP contribution in [-0.2, 0) is 0 Å². The molecule has 0 spiro atoms. The molecule has 0 saturated carbocycles. The lowest BCUT2D eigenvalue weighted by molar-refractivity contribution is 0.0452. The van der Waals surface area contributed by atoms with Crippen molar-refractivity contribution >= 4 is 21.6 Å². The Morgan fingerprint density at radius 2 is 1.75 bits per heavy atom. The first-order valence-corrected chi connectivity index (χ1v) is 11.9. The summed E-state index contributed by atoms with van der Waals surface area (Å²) in [6, 6.07) is 12.0. The molecule has 2 aromatic carbocycles. The van der Waals surface area contributed by atoms with Gasteiger partial charge in [-0.2, -0.15) is 0 Å². The van der Waals surface area contributed by atoms with Gasteiger partial charge in [0, 0.05) is 45.3 Å². The predicted molar refractivity (Wildman–Crippen MR) is 125 cm³/mol. The minimum Gasteiger partial charge on any atom is -0.494 e. The highest BCUT2D eigenvalue weighted by molar-refractivity contribution is 7.18. The summed E-state index contributed by atoms with van der Waals surface area (Å²) in [4.78, 5) is 9.19. The van der Waals surface area contributed by atoms with E-state index in [1.165, 1.54) is 12.1 Å². The van der Waals surface area contributed by atoms with E-state index in [0.717, 1.165) is 60.1 Å². The highest BCUT2D eigenvalue weighted by Gasteiger charge is 2.19. The molecule has 1 aromatic heterocycles.